The normalized spacial score (nSPS) is 14.9. The van der Waals surface area contributed by atoms with Crippen LogP contribution in [0.4, 0.5) is 10.5 Å². The third-order valence-electron chi connectivity index (χ3n) is 6.74. The van der Waals surface area contributed by atoms with E-state index in [4.69, 9.17) is 9.97 Å². The van der Waals surface area contributed by atoms with Gasteiger partial charge < -0.3 is 4.90 Å². The van der Waals surface area contributed by atoms with E-state index in [1.165, 1.54) is 0 Å². The standard InChI is InChI=1S/C27H31N5O.C2H6/c1-4-8-19(9-5-2)32-26-18(17-31(3)27(32)33)16-29-24-14-13-23(30-25(24)26)21-10-6-12-22-20(21)11-7-15-28-22;1-2/h7,10-11,13-16,19H,4-6,8-9,12,17H2,1-3H3;1-2H3. The highest BCUT2D eigenvalue weighted by atomic mass is 16.2. The average molecular weight is 472 g/mol. The lowest BCUT2D eigenvalue weighted by Gasteiger charge is -2.40. The summed E-state index contributed by atoms with van der Waals surface area (Å²) in [5.41, 5.74) is 7.96. The maximum atomic E-state index is 13.5. The molecule has 0 bridgehead atoms. The SMILES string of the molecule is CC.CCCC(CCC)N1C(=O)N(C)Cc2cnc3ccc(C4=CCCc5ncccc54)nc3c21. The number of fused-ring (bicyclic) bond motifs is 4. The second-order valence-corrected chi connectivity index (χ2v) is 9.09. The van der Waals surface area contributed by atoms with Gasteiger partial charge in [0.05, 0.1) is 23.4 Å². The molecule has 0 atom stereocenters. The molecule has 6 nitrogen and oxygen atoms in total. The Morgan fingerprint density at radius 3 is 2.57 bits per heavy atom. The number of aromatic nitrogens is 3. The fourth-order valence-electron chi connectivity index (χ4n) is 5.22. The first-order valence-corrected chi connectivity index (χ1v) is 13.1. The Balaban J connectivity index is 0.00000141. The molecule has 0 saturated heterocycles. The molecule has 0 unspecified atom stereocenters. The van der Waals surface area contributed by atoms with Crippen LogP contribution in [0.25, 0.3) is 16.6 Å². The summed E-state index contributed by atoms with van der Waals surface area (Å²) in [6.07, 6.45) is 12.0. The van der Waals surface area contributed by atoms with E-state index in [-0.39, 0.29) is 12.1 Å². The Bertz CT molecular complexity index is 1230. The summed E-state index contributed by atoms with van der Waals surface area (Å²) in [6, 6.07) is 8.41. The van der Waals surface area contributed by atoms with Crippen LogP contribution in [-0.2, 0) is 13.0 Å². The molecule has 5 rings (SSSR count). The van der Waals surface area contributed by atoms with E-state index in [0.29, 0.717) is 6.54 Å². The number of pyridine rings is 3. The third kappa shape index (κ3) is 4.66. The number of rotatable bonds is 6. The number of amides is 2. The molecule has 1 aliphatic heterocycles. The maximum Gasteiger partial charge on any atom is 0.324 e. The zero-order chi connectivity index (χ0) is 24.9. The van der Waals surface area contributed by atoms with Gasteiger partial charge in [0, 0.05) is 47.9 Å². The molecular formula is C29H37N5O. The largest absolute Gasteiger partial charge is 0.324 e. The summed E-state index contributed by atoms with van der Waals surface area (Å²) in [5.74, 6) is 0. The fourth-order valence-corrected chi connectivity index (χ4v) is 5.22. The molecule has 0 saturated carbocycles. The number of carbonyl (C=O) groups is 1. The van der Waals surface area contributed by atoms with Gasteiger partial charge in [0.2, 0.25) is 0 Å². The van der Waals surface area contributed by atoms with Gasteiger partial charge in [-0.25, -0.2) is 9.78 Å². The molecular weight excluding hydrogens is 434 g/mol. The van der Waals surface area contributed by atoms with E-state index in [2.05, 4.69) is 31.0 Å². The van der Waals surface area contributed by atoms with E-state index in [9.17, 15) is 4.79 Å². The second-order valence-electron chi connectivity index (χ2n) is 9.09. The Labute approximate surface area is 209 Å². The lowest BCUT2D eigenvalue weighted by atomic mass is 9.92. The third-order valence-corrected chi connectivity index (χ3v) is 6.74. The monoisotopic (exact) mass is 471 g/mol. The molecule has 0 spiro atoms. The average Bonchev–Trinajstić information content (AvgIpc) is 2.90. The van der Waals surface area contributed by atoms with Gasteiger partial charge in [-0.05, 0) is 43.9 Å². The summed E-state index contributed by atoms with van der Waals surface area (Å²) in [6.45, 7) is 8.92. The van der Waals surface area contributed by atoms with E-state index < -0.39 is 0 Å². The van der Waals surface area contributed by atoms with E-state index in [0.717, 1.165) is 83.3 Å². The highest BCUT2D eigenvalue weighted by molar-refractivity contribution is 6.04. The molecule has 0 radical (unpaired) electrons. The molecule has 184 valence electrons. The Morgan fingerprint density at radius 1 is 1.06 bits per heavy atom. The molecule has 1 aliphatic carbocycles. The predicted octanol–water partition coefficient (Wildman–Crippen LogP) is 6.77. The number of hydrogen-bond donors (Lipinski definition) is 0. The first-order chi connectivity index (χ1) is 17.1. The first kappa shape index (κ1) is 24.8. The molecule has 3 aromatic rings. The van der Waals surface area contributed by atoms with Crippen LogP contribution < -0.4 is 4.90 Å². The maximum absolute atomic E-state index is 13.5. The van der Waals surface area contributed by atoms with Crippen molar-refractivity contribution in [1.82, 2.24) is 19.9 Å². The molecule has 2 aliphatic rings. The Hall–Kier alpha value is -3.28. The number of allylic oxidation sites excluding steroid dienone is 1. The predicted molar refractivity (Wildman–Crippen MR) is 143 cm³/mol. The number of nitrogens with zero attached hydrogens (tertiary/aromatic N) is 5. The van der Waals surface area contributed by atoms with E-state index in [1.54, 1.807) is 4.90 Å². The van der Waals surface area contributed by atoms with Crippen molar-refractivity contribution < 1.29 is 4.79 Å². The van der Waals surface area contributed by atoms with Gasteiger partial charge in [-0.1, -0.05) is 52.7 Å². The molecule has 3 aromatic heterocycles. The van der Waals surface area contributed by atoms with Crippen molar-refractivity contribution in [2.24, 2.45) is 0 Å². The molecule has 6 heteroatoms. The number of hydrogen-bond acceptors (Lipinski definition) is 4. The van der Waals surface area contributed by atoms with Gasteiger partial charge in [-0.2, -0.15) is 0 Å². The van der Waals surface area contributed by atoms with Gasteiger partial charge in [0.25, 0.3) is 0 Å². The van der Waals surface area contributed by atoms with Gasteiger partial charge >= 0.3 is 6.03 Å². The quantitative estimate of drug-likeness (QED) is 0.398. The highest BCUT2D eigenvalue weighted by Gasteiger charge is 2.35. The van der Waals surface area contributed by atoms with Crippen molar-refractivity contribution in [3.63, 3.8) is 0 Å². The number of aryl methyl sites for hydroxylation is 1. The fraction of sp³-hybridized carbons (Fsp3) is 0.448. The zero-order valence-corrected chi connectivity index (χ0v) is 21.7. The van der Waals surface area contributed by atoms with Gasteiger partial charge in [0.1, 0.15) is 5.52 Å². The summed E-state index contributed by atoms with van der Waals surface area (Å²) >= 11 is 0. The van der Waals surface area contributed by atoms with Crippen molar-refractivity contribution in [2.75, 3.05) is 11.9 Å². The van der Waals surface area contributed by atoms with Crippen LogP contribution in [0.3, 0.4) is 0 Å². The van der Waals surface area contributed by atoms with Crippen LogP contribution in [0.1, 0.15) is 82.3 Å². The minimum Gasteiger partial charge on any atom is -0.323 e. The van der Waals surface area contributed by atoms with Gasteiger partial charge in [0.15, 0.2) is 0 Å². The van der Waals surface area contributed by atoms with E-state index in [1.807, 2.05) is 56.4 Å². The lowest BCUT2D eigenvalue weighted by molar-refractivity contribution is 0.206. The van der Waals surface area contributed by atoms with Crippen LogP contribution >= 0.6 is 0 Å². The number of carbonyl (C=O) groups excluding carboxylic acids is 1. The Kier molecular flexibility index (Phi) is 7.79. The molecule has 0 N–H and O–H groups in total. The van der Waals surface area contributed by atoms with Gasteiger partial charge in [-0.3, -0.25) is 14.9 Å². The lowest BCUT2D eigenvalue weighted by Crippen LogP contribution is -2.50. The molecule has 0 aromatic carbocycles. The molecule has 2 amide bonds. The van der Waals surface area contributed by atoms with E-state index >= 15 is 0 Å². The van der Waals surface area contributed by atoms with Crippen molar-refractivity contribution in [3.05, 3.63) is 65.2 Å². The number of urea groups is 1. The van der Waals surface area contributed by atoms with Crippen molar-refractivity contribution in [1.29, 1.82) is 0 Å². The van der Waals surface area contributed by atoms with Crippen molar-refractivity contribution >= 4 is 28.3 Å². The molecule has 0 fully saturated rings. The zero-order valence-electron chi connectivity index (χ0n) is 21.7. The minimum atomic E-state index is 0.0560. The van der Waals surface area contributed by atoms with Crippen LogP contribution in [0, 0.1) is 0 Å². The topological polar surface area (TPSA) is 62.2 Å². The molecule has 4 heterocycles. The van der Waals surface area contributed by atoms with Crippen LogP contribution in [0.15, 0.2) is 42.7 Å². The first-order valence-electron chi connectivity index (χ1n) is 13.1. The van der Waals surface area contributed by atoms with Crippen molar-refractivity contribution in [3.8, 4) is 0 Å². The summed E-state index contributed by atoms with van der Waals surface area (Å²) in [5, 5.41) is 0. The smallest absolute Gasteiger partial charge is 0.323 e. The summed E-state index contributed by atoms with van der Waals surface area (Å²) in [7, 11) is 1.87. The van der Waals surface area contributed by atoms with Gasteiger partial charge in [-0.15, -0.1) is 0 Å². The molecule has 35 heavy (non-hydrogen) atoms. The van der Waals surface area contributed by atoms with Crippen LogP contribution in [0.5, 0.6) is 0 Å². The summed E-state index contributed by atoms with van der Waals surface area (Å²) in [4.78, 5) is 31.7. The van der Waals surface area contributed by atoms with Crippen LogP contribution in [0.2, 0.25) is 0 Å². The minimum absolute atomic E-state index is 0.0560. The van der Waals surface area contributed by atoms with Crippen molar-refractivity contribution in [2.45, 2.75) is 78.8 Å². The highest BCUT2D eigenvalue weighted by Crippen LogP contribution is 2.38. The van der Waals surface area contributed by atoms with Crippen LogP contribution in [-0.4, -0.2) is 39.0 Å². The number of anilines is 1. The second kappa shape index (κ2) is 11.0. The summed E-state index contributed by atoms with van der Waals surface area (Å²) < 4.78 is 0. The Morgan fingerprint density at radius 2 is 1.83 bits per heavy atom.